The molecule has 0 amide bonds. The molecule has 1 fully saturated rings. The molecule has 1 aliphatic rings. The molecule has 0 aliphatic carbocycles. The van der Waals surface area contributed by atoms with E-state index in [0.29, 0.717) is 35.2 Å². The lowest BCUT2D eigenvalue weighted by Crippen LogP contribution is -2.02. The number of methoxy groups -OCH3 is 2. The van der Waals surface area contributed by atoms with E-state index in [1.165, 1.54) is 18.4 Å². The average molecular weight is 320 g/mol. The minimum absolute atomic E-state index is 0.0891. The van der Waals surface area contributed by atoms with Crippen LogP contribution in [0.3, 0.4) is 0 Å². The zero-order chi connectivity index (χ0) is 15.5. The highest BCUT2D eigenvalue weighted by Crippen LogP contribution is 2.33. The quantitative estimate of drug-likeness (QED) is 0.793. The topological polar surface area (TPSA) is 54.0 Å². The van der Waals surface area contributed by atoms with Gasteiger partial charge in [0.15, 0.2) is 6.29 Å². The molecular weight excluding hydrogens is 304 g/mol. The van der Waals surface area contributed by atoms with E-state index in [1.807, 2.05) is 6.07 Å². The molecule has 2 aromatic rings. The summed E-state index contributed by atoms with van der Waals surface area (Å²) in [5, 5.41) is 0. The smallest absolute Gasteiger partial charge is 0.206 e. The lowest BCUT2D eigenvalue weighted by molar-refractivity contribution is -0.0413. The third-order valence-corrected chi connectivity index (χ3v) is 4.46. The van der Waals surface area contributed by atoms with Gasteiger partial charge in [-0.2, -0.15) is 0 Å². The number of benzene rings is 1. The van der Waals surface area contributed by atoms with Gasteiger partial charge in [-0.15, -0.1) is 11.3 Å². The maximum Gasteiger partial charge on any atom is 0.206 e. The highest BCUT2D eigenvalue weighted by Gasteiger charge is 2.23. The van der Waals surface area contributed by atoms with Crippen molar-refractivity contribution in [3.8, 4) is 11.5 Å². The Balaban J connectivity index is 1.87. The molecule has 1 aromatic heterocycles. The Hall–Kier alpha value is -1.89. The fraction of sp³-hybridized carbons (Fsp3) is 0.312. The van der Waals surface area contributed by atoms with Crippen molar-refractivity contribution >= 4 is 17.1 Å². The Morgan fingerprint density at radius 2 is 1.91 bits per heavy atom. The first-order valence-electron chi connectivity index (χ1n) is 6.82. The Bertz CT molecular complexity index is 673. The number of carbonyl (C=O) groups excluding carboxylic acids is 1. The lowest BCUT2D eigenvalue weighted by Gasteiger charge is -2.09. The lowest BCUT2D eigenvalue weighted by atomic mass is 10.1. The summed E-state index contributed by atoms with van der Waals surface area (Å²) in [5.41, 5.74) is 0.505. The Kier molecular flexibility index (Phi) is 4.42. The second kappa shape index (κ2) is 6.48. The summed E-state index contributed by atoms with van der Waals surface area (Å²) >= 11 is 1.38. The molecule has 22 heavy (non-hydrogen) atoms. The van der Waals surface area contributed by atoms with Gasteiger partial charge in [-0.3, -0.25) is 4.79 Å². The van der Waals surface area contributed by atoms with E-state index >= 15 is 0 Å². The summed E-state index contributed by atoms with van der Waals surface area (Å²) in [6, 6.07) is 8.81. The van der Waals surface area contributed by atoms with Crippen LogP contribution in [-0.4, -0.2) is 33.2 Å². The van der Waals surface area contributed by atoms with Crippen molar-refractivity contribution in [3.63, 3.8) is 0 Å². The minimum atomic E-state index is -0.357. The van der Waals surface area contributed by atoms with Crippen LogP contribution in [0.5, 0.6) is 11.5 Å². The zero-order valence-corrected chi connectivity index (χ0v) is 13.1. The van der Waals surface area contributed by atoms with Crippen molar-refractivity contribution in [1.29, 1.82) is 0 Å². The number of ketones is 1. The van der Waals surface area contributed by atoms with E-state index in [1.54, 1.807) is 31.4 Å². The Labute approximate surface area is 132 Å². The molecule has 5 nitrogen and oxygen atoms in total. The van der Waals surface area contributed by atoms with Gasteiger partial charge in [0.25, 0.3) is 0 Å². The van der Waals surface area contributed by atoms with Gasteiger partial charge in [-0.05, 0) is 24.3 Å². The predicted molar refractivity (Wildman–Crippen MR) is 81.9 cm³/mol. The number of carbonyl (C=O) groups is 1. The maximum absolute atomic E-state index is 12.7. The van der Waals surface area contributed by atoms with Crippen LogP contribution in [0, 0.1) is 0 Å². The van der Waals surface area contributed by atoms with Crippen LogP contribution in [0.2, 0.25) is 0 Å². The van der Waals surface area contributed by atoms with E-state index in [9.17, 15) is 4.79 Å². The van der Waals surface area contributed by atoms with Gasteiger partial charge in [0.05, 0.1) is 42.8 Å². The number of ether oxygens (including phenoxy) is 4. The number of hydrogen-bond acceptors (Lipinski definition) is 6. The van der Waals surface area contributed by atoms with Gasteiger partial charge in [-0.1, -0.05) is 0 Å². The summed E-state index contributed by atoms with van der Waals surface area (Å²) in [4.78, 5) is 14.2. The molecule has 0 bridgehead atoms. The molecule has 1 aromatic carbocycles. The zero-order valence-electron chi connectivity index (χ0n) is 12.3. The van der Waals surface area contributed by atoms with Crippen LogP contribution in [0.1, 0.15) is 26.4 Å². The standard InChI is InChI=1S/C16H16O5S/c1-18-10-3-4-11(12(9-10)19-2)15(17)13-5-6-14(22-13)16-20-7-8-21-16/h3-6,9,16H,7-8H2,1-2H3. The molecule has 0 spiro atoms. The van der Waals surface area contributed by atoms with Gasteiger partial charge in [0, 0.05) is 6.07 Å². The molecule has 0 atom stereocenters. The number of thiophene rings is 1. The van der Waals surface area contributed by atoms with Gasteiger partial charge < -0.3 is 18.9 Å². The van der Waals surface area contributed by atoms with Crippen molar-refractivity contribution < 1.29 is 23.7 Å². The van der Waals surface area contributed by atoms with E-state index in [2.05, 4.69) is 0 Å². The van der Waals surface area contributed by atoms with E-state index < -0.39 is 0 Å². The summed E-state index contributed by atoms with van der Waals surface area (Å²) < 4.78 is 21.3. The number of hydrogen-bond donors (Lipinski definition) is 0. The van der Waals surface area contributed by atoms with Crippen molar-refractivity contribution in [2.75, 3.05) is 27.4 Å². The Morgan fingerprint density at radius 1 is 1.14 bits per heavy atom. The normalized spacial score (nSPS) is 15.0. The summed E-state index contributed by atoms with van der Waals surface area (Å²) in [5.74, 6) is 1.05. The fourth-order valence-electron chi connectivity index (χ4n) is 2.24. The van der Waals surface area contributed by atoms with Crippen LogP contribution < -0.4 is 9.47 Å². The second-order valence-electron chi connectivity index (χ2n) is 4.67. The van der Waals surface area contributed by atoms with Gasteiger partial charge in [0.2, 0.25) is 5.78 Å². The van der Waals surface area contributed by atoms with Crippen molar-refractivity contribution in [1.82, 2.24) is 0 Å². The average Bonchev–Trinajstić information content (AvgIpc) is 3.24. The molecule has 0 radical (unpaired) electrons. The van der Waals surface area contributed by atoms with Crippen LogP contribution in [-0.2, 0) is 9.47 Å². The monoisotopic (exact) mass is 320 g/mol. The first-order chi connectivity index (χ1) is 10.7. The molecule has 0 saturated carbocycles. The van der Waals surface area contributed by atoms with Crippen molar-refractivity contribution in [2.24, 2.45) is 0 Å². The molecule has 1 saturated heterocycles. The van der Waals surface area contributed by atoms with Crippen molar-refractivity contribution in [3.05, 3.63) is 45.6 Å². The maximum atomic E-state index is 12.7. The van der Waals surface area contributed by atoms with Crippen LogP contribution in [0.15, 0.2) is 30.3 Å². The summed E-state index contributed by atoms with van der Waals surface area (Å²) in [7, 11) is 3.11. The first kappa shape index (κ1) is 15.0. The first-order valence-corrected chi connectivity index (χ1v) is 7.64. The SMILES string of the molecule is COc1ccc(C(=O)c2ccc(C3OCCO3)s2)c(OC)c1. The molecule has 1 aliphatic heterocycles. The molecule has 116 valence electrons. The fourth-order valence-corrected chi connectivity index (χ4v) is 3.20. The van der Waals surface area contributed by atoms with Gasteiger partial charge in [0.1, 0.15) is 11.5 Å². The highest BCUT2D eigenvalue weighted by molar-refractivity contribution is 7.14. The predicted octanol–water partition coefficient (Wildman–Crippen LogP) is 3.04. The van der Waals surface area contributed by atoms with Crippen LogP contribution in [0.25, 0.3) is 0 Å². The molecule has 2 heterocycles. The van der Waals surface area contributed by atoms with Crippen molar-refractivity contribution in [2.45, 2.75) is 6.29 Å². The molecule has 3 rings (SSSR count). The number of rotatable bonds is 5. The third kappa shape index (κ3) is 2.85. The molecule has 0 N–H and O–H groups in total. The van der Waals surface area contributed by atoms with Crippen LogP contribution in [0.4, 0.5) is 0 Å². The summed E-state index contributed by atoms with van der Waals surface area (Å²) in [6.07, 6.45) is -0.357. The van der Waals surface area contributed by atoms with E-state index in [-0.39, 0.29) is 12.1 Å². The largest absolute Gasteiger partial charge is 0.497 e. The minimum Gasteiger partial charge on any atom is -0.497 e. The molecular formula is C16H16O5S. The molecule has 6 heteroatoms. The Morgan fingerprint density at radius 3 is 2.59 bits per heavy atom. The summed E-state index contributed by atoms with van der Waals surface area (Å²) in [6.45, 7) is 1.16. The molecule has 0 unspecified atom stereocenters. The third-order valence-electron chi connectivity index (χ3n) is 3.36. The van der Waals surface area contributed by atoms with Gasteiger partial charge in [-0.25, -0.2) is 0 Å². The second-order valence-corrected chi connectivity index (χ2v) is 5.79. The van der Waals surface area contributed by atoms with Crippen LogP contribution >= 0.6 is 11.3 Å². The van der Waals surface area contributed by atoms with Gasteiger partial charge >= 0.3 is 0 Å². The van der Waals surface area contributed by atoms with E-state index in [0.717, 1.165) is 4.88 Å². The van der Waals surface area contributed by atoms with E-state index in [4.69, 9.17) is 18.9 Å². The highest BCUT2D eigenvalue weighted by atomic mass is 32.1.